The third-order valence-electron chi connectivity index (χ3n) is 1.69. The highest BCUT2D eigenvalue weighted by Gasteiger charge is 2.15. The van der Waals surface area contributed by atoms with Crippen molar-refractivity contribution in [3.8, 4) is 0 Å². The smallest absolute Gasteiger partial charge is 0.0741 e. The van der Waals surface area contributed by atoms with Gasteiger partial charge in [-0.3, -0.25) is 0 Å². The Kier molecular flexibility index (Phi) is 4.38. The van der Waals surface area contributed by atoms with E-state index in [1.165, 1.54) is 0 Å². The zero-order valence-electron chi connectivity index (χ0n) is 7.78. The van der Waals surface area contributed by atoms with Gasteiger partial charge in [-0.05, 0) is 20.3 Å². The lowest BCUT2D eigenvalue weighted by Gasteiger charge is -2.21. The largest absolute Gasteiger partial charge is 0.389 e. The molecule has 0 aliphatic heterocycles. The molecular weight excluding hydrogens is 138 g/mol. The zero-order valence-corrected chi connectivity index (χ0v) is 7.78. The fraction of sp³-hybridized carbons (Fsp3) is 0.778. The van der Waals surface area contributed by atoms with Gasteiger partial charge in [0, 0.05) is 13.1 Å². The highest BCUT2D eigenvalue weighted by molar-refractivity contribution is 4.91. The molecule has 0 aromatic carbocycles. The van der Waals surface area contributed by atoms with Crippen LogP contribution < -0.4 is 5.32 Å². The van der Waals surface area contributed by atoms with Gasteiger partial charge in [-0.1, -0.05) is 19.1 Å². The molecule has 0 bridgehead atoms. The van der Waals surface area contributed by atoms with Crippen LogP contribution in [-0.2, 0) is 0 Å². The maximum atomic E-state index is 9.54. The van der Waals surface area contributed by atoms with Crippen molar-refractivity contribution in [2.45, 2.75) is 32.8 Å². The lowest BCUT2D eigenvalue weighted by atomic mass is 10.0. The average molecular weight is 157 g/mol. The molecule has 2 nitrogen and oxygen atoms in total. The summed E-state index contributed by atoms with van der Waals surface area (Å²) in [6.07, 6.45) is 0.774. The predicted octanol–water partition coefficient (Wildman–Crippen LogP) is 1.31. The molecule has 0 radical (unpaired) electrons. The van der Waals surface area contributed by atoms with Crippen molar-refractivity contribution in [1.29, 1.82) is 0 Å². The van der Waals surface area contributed by atoms with E-state index in [0.717, 1.165) is 18.5 Å². The van der Waals surface area contributed by atoms with Crippen LogP contribution in [0.4, 0.5) is 0 Å². The summed E-state index contributed by atoms with van der Waals surface area (Å²) in [5.74, 6) is 0. The number of rotatable bonds is 5. The molecule has 0 saturated heterocycles. The van der Waals surface area contributed by atoms with Crippen LogP contribution in [0.2, 0.25) is 0 Å². The van der Waals surface area contributed by atoms with E-state index in [0.29, 0.717) is 6.54 Å². The Hall–Kier alpha value is -0.340. The van der Waals surface area contributed by atoms with Gasteiger partial charge in [0.05, 0.1) is 5.60 Å². The summed E-state index contributed by atoms with van der Waals surface area (Å²) >= 11 is 0. The Labute approximate surface area is 69.3 Å². The molecule has 0 spiro atoms. The van der Waals surface area contributed by atoms with Gasteiger partial charge < -0.3 is 10.4 Å². The van der Waals surface area contributed by atoms with Crippen LogP contribution in [0.25, 0.3) is 0 Å². The second kappa shape index (κ2) is 4.52. The minimum absolute atomic E-state index is 0.574. The van der Waals surface area contributed by atoms with Crippen LogP contribution in [0, 0.1) is 0 Å². The lowest BCUT2D eigenvalue weighted by Crippen LogP contribution is -2.37. The van der Waals surface area contributed by atoms with Crippen LogP contribution in [-0.4, -0.2) is 23.8 Å². The van der Waals surface area contributed by atoms with Gasteiger partial charge >= 0.3 is 0 Å². The zero-order chi connectivity index (χ0) is 8.91. The van der Waals surface area contributed by atoms with E-state index in [1.807, 2.05) is 20.8 Å². The molecule has 0 aliphatic carbocycles. The minimum Gasteiger partial charge on any atom is -0.389 e. The van der Waals surface area contributed by atoms with Crippen LogP contribution in [0.1, 0.15) is 27.2 Å². The maximum Gasteiger partial charge on any atom is 0.0741 e. The minimum atomic E-state index is -0.574. The molecule has 1 unspecified atom stereocenters. The van der Waals surface area contributed by atoms with Crippen LogP contribution >= 0.6 is 0 Å². The Morgan fingerprint density at radius 2 is 2.18 bits per heavy atom. The molecule has 0 saturated carbocycles. The van der Waals surface area contributed by atoms with Gasteiger partial charge in [0.15, 0.2) is 0 Å². The molecule has 2 heteroatoms. The standard InChI is InChI=1S/C9H19NO/c1-5-9(4,11)7-10-6-8(2)3/h10-11H,2,5-7H2,1,3-4H3. The molecule has 0 aromatic rings. The van der Waals surface area contributed by atoms with Crippen molar-refractivity contribution >= 4 is 0 Å². The predicted molar refractivity (Wildman–Crippen MR) is 48.6 cm³/mol. The molecule has 0 aliphatic rings. The van der Waals surface area contributed by atoms with Crippen molar-refractivity contribution < 1.29 is 5.11 Å². The fourth-order valence-electron chi connectivity index (χ4n) is 0.670. The SMILES string of the molecule is C=C(C)CNCC(C)(O)CC. The first-order valence-corrected chi connectivity index (χ1v) is 4.05. The second-order valence-electron chi connectivity index (χ2n) is 3.41. The van der Waals surface area contributed by atoms with Crippen molar-refractivity contribution in [3.05, 3.63) is 12.2 Å². The number of nitrogens with one attached hydrogen (secondary N) is 1. The summed E-state index contributed by atoms with van der Waals surface area (Å²) in [6.45, 7) is 11.0. The van der Waals surface area contributed by atoms with Gasteiger partial charge in [0.25, 0.3) is 0 Å². The lowest BCUT2D eigenvalue weighted by molar-refractivity contribution is 0.0567. The highest BCUT2D eigenvalue weighted by atomic mass is 16.3. The van der Waals surface area contributed by atoms with Crippen LogP contribution in [0.15, 0.2) is 12.2 Å². The third kappa shape index (κ3) is 6.07. The van der Waals surface area contributed by atoms with Gasteiger partial charge in [-0.25, -0.2) is 0 Å². The van der Waals surface area contributed by atoms with E-state index in [9.17, 15) is 5.11 Å². The van der Waals surface area contributed by atoms with E-state index in [2.05, 4.69) is 11.9 Å². The van der Waals surface area contributed by atoms with E-state index in [1.54, 1.807) is 0 Å². The summed E-state index contributed by atoms with van der Waals surface area (Å²) in [7, 11) is 0. The summed E-state index contributed by atoms with van der Waals surface area (Å²) < 4.78 is 0. The van der Waals surface area contributed by atoms with Crippen LogP contribution in [0.5, 0.6) is 0 Å². The van der Waals surface area contributed by atoms with E-state index in [4.69, 9.17) is 0 Å². The summed E-state index contributed by atoms with van der Waals surface area (Å²) in [5.41, 5.74) is 0.520. The first-order valence-electron chi connectivity index (χ1n) is 4.05. The summed E-state index contributed by atoms with van der Waals surface area (Å²) in [6, 6.07) is 0. The number of aliphatic hydroxyl groups is 1. The topological polar surface area (TPSA) is 32.3 Å². The van der Waals surface area contributed by atoms with Gasteiger partial charge in [-0.2, -0.15) is 0 Å². The van der Waals surface area contributed by atoms with Crippen molar-refractivity contribution in [3.63, 3.8) is 0 Å². The molecule has 2 N–H and O–H groups in total. The van der Waals surface area contributed by atoms with Crippen LogP contribution in [0.3, 0.4) is 0 Å². The first kappa shape index (κ1) is 10.7. The molecule has 66 valence electrons. The molecule has 11 heavy (non-hydrogen) atoms. The Morgan fingerprint density at radius 1 is 1.64 bits per heavy atom. The first-order chi connectivity index (χ1) is 4.98. The van der Waals surface area contributed by atoms with Gasteiger partial charge in [0.2, 0.25) is 0 Å². The number of hydrogen-bond acceptors (Lipinski definition) is 2. The van der Waals surface area contributed by atoms with Crippen molar-refractivity contribution in [2.24, 2.45) is 0 Å². The third-order valence-corrected chi connectivity index (χ3v) is 1.69. The van der Waals surface area contributed by atoms with Crippen molar-refractivity contribution in [1.82, 2.24) is 5.32 Å². The molecule has 0 fully saturated rings. The van der Waals surface area contributed by atoms with E-state index in [-0.39, 0.29) is 0 Å². The molecule has 1 atom stereocenters. The Morgan fingerprint density at radius 3 is 2.55 bits per heavy atom. The maximum absolute atomic E-state index is 9.54. The quantitative estimate of drug-likeness (QED) is 0.590. The van der Waals surface area contributed by atoms with E-state index < -0.39 is 5.60 Å². The monoisotopic (exact) mass is 157 g/mol. The molecular formula is C9H19NO. The molecule has 0 heterocycles. The summed E-state index contributed by atoms with van der Waals surface area (Å²) in [5, 5.41) is 12.7. The second-order valence-corrected chi connectivity index (χ2v) is 3.41. The molecule has 0 rings (SSSR count). The van der Waals surface area contributed by atoms with Crippen molar-refractivity contribution in [2.75, 3.05) is 13.1 Å². The summed E-state index contributed by atoms with van der Waals surface area (Å²) in [4.78, 5) is 0. The molecule has 0 amide bonds. The fourth-order valence-corrected chi connectivity index (χ4v) is 0.670. The number of hydrogen-bond donors (Lipinski definition) is 2. The van der Waals surface area contributed by atoms with Gasteiger partial charge in [0.1, 0.15) is 0 Å². The Balaban J connectivity index is 3.45. The normalized spacial score (nSPS) is 16.0. The average Bonchev–Trinajstić information content (AvgIpc) is 1.87. The highest BCUT2D eigenvalue weighted by Crippen LogP contribution is 2.05. The van der Waals surface area contributed by atoms with E-state index >= 15 is 0 Å². The Bertz CT molecular complexity index is 130. The van der Waals surface area contributed by atoms with Gasteiger partial charge in [-0.15, -0.1) is 0 Å². The molecule has 0 aromatic heterocycles.